The van der Waals surface area contributed by atoms with Crippen molar-refractivity contribution in [3.05, 3.63) is 158 Å². The average molecular weight is 539 g/mol. The zero-order chi connectivity index (χ0) is 27.9. The molecular formula is C38H26N4. The van der Waals surface area contributed by atoms with E-state index in [0.29, 0.717) is 5.95 Å². The molecule has 1 aromatic heterocycles. The molecule has 8 rings (SSSR count). The van der Waals surface area contributed by atoms with Gasteiger partial charge in [-0.3, -0.25) is 4.90 Å². The van der Waals surface area contributed by atoms with E-state index in [0.717, 1.165) is 50.8 Å². The Morgan fingerprint density at radius 3 is 1.48 bits per heavy atom. The van der Waals surface area contributed by atoms with Gasteiger partial charge in [0.25, 0.3) is 0 Å². The smallest absolute Gasteiger partial charge is 0.235 e. The van der Waals surface area contributed by atoms with Crippen molar-refractivity contribution in [2.75, 3.05) is 9.80 Å². The highest BCUT2D eigenvalue weighted by Gasteiger charge is 2.28. The monoisotopic (exact) mass is 538 g/mol. The molecule has 42 heavy (non-hydrogen) atoms. The third-order valence-electron chi connectivity index (χ3n) is 7.84. The zero-order valence-electron chi connectivity index (χ0n) is 22.8. The molecule has 0 amide bonds. The second kappa shape index (κ2) is 10.0. The molecule has 7 aromatic rings. The van der Waals surface area contributed by atoms with Crippen LogP contribution >= 0.6 is 0 Å². The van der Waals surface area contributed by atoms with E-state index < -0.39 is 0 Å². The summed E-state index contributed by atoms with van der Waals surface area (Å²) < 4.78 is 0. The minimum Gasteiger partial charge on any atom is -0.310 e. The quantitative estimate of drug-likeness (QED) is 0.211. The molecule has 1 aliphatic rings. The predicted molar refractivity (Wildman–Crippen MR) is 173 cm³/mol. The van der Waals surface area contributed by atoms with Crippen molar-refractivity contribution in [1.82, 2.24) is 9.97 Å². The molecule has 4 heteroatoms. The number of rotatable bonds is 6. The lowest BCUT2D eigenvalue weighted by molar-refractivity contribution is 1.09. The second-order valence-corrected chi connectivity index (χ2v) is 10.3. The SMILES string of the molecule is c1ccc(N(c2ccccc2)c2ncc3c(n2)-c2cccc4c(N(c5ccccc5)c5ccccc5)ccc-3c24)cc1. The number of anilines is 6. The summed E-state index contributed by atoms with van der Waals surface area (Å²) in [4.78, 5) is 14.6. The summed E-state index contributed by atoms with van der Waals surface area (Å²) >= 11 is 0. The maximum atomic E-state index is 5.24. The summed E-state index contributed by atoms with van der Waals surface area (Å²) in [5.41, 5.74) is 9.70. The van der Waals surface area contributed by atoms with Gasteiger partial charge in [0.15, 0.2) is 0 Å². The Morgan fingerprint density at radius 2 is 0.929 bits per heavy atom. The van der Waals surface area contributed by atoms with Crippen molar-refractivity contribution < 1.29 is 0 Å². The van der Waals surface area contributed by atoms with Gasteiger partial charge in [0.05, 0.1) is 11.4 Å². The highest BCUT2D eigenvalue weighted by Crippen LogP contribution is 2.50. The Balaban J connectivity index is 1.31. The highest BCUT2D eigenvalue weighted by atomic mass is 15.3. The van der Waals surface area contributed by atoms with E-state index in [-0.39, 0.29) is 0 Å². The molecule has 0 unspecified atom stereocenters. The average Bonchev–Trinajstić information content (AvgIpc) is 3.39. The molecule has 0 spiro atoms. The normalized spacial score (nSPS) is 11.3. The lowest BCUT2D eigenvalue weighted by Gasteiger charge is -2.27. The molecular weight excluding hydrogens is 512 g/mol. The van der Waals surface area contributed by atoms with Crippen LogP contribution < -0.4 is 9.80 Å². The van der Waals surface area contributed by atoms with Gasteiger partial charge in [-0.2, -0.15) is 0 Å². The number of aromatic nitrogens is 2. The summed E-state index contributed by atoms with van der Waals surface area (Å²) in [6.07, 6.45) is 1.98. The van der Waals surface area contributed by atoms with Crippen LogP contribution in [0.1, 0.15) is 0 Å². The Kier molecular flexibility index (Phi) is 5.75. The molecule has 1 heterocycles. The molecule has 198 valence electrons. The van der Waals surface area contributed by atoms with E-state index in [1.54, 1.807) is 0 Å². The maximum Gasteiger partial charge on any atom is 0.235 e. The van der Waals surface area contributed by atoms with Gasteiger partial charge in [0.1, 0.15) is 0 Å². The van der Waals surface area contributed by atoms with Crippen LogP contribution in [0.25, 0.3) is 33.2 Å². The summed E-state index contributed by atoms with van der Waals surface area (Å²) in [5.74, 6) is 0.645. The fourth-order valence-corrected chi connectivity index (χ4v) is 6.01. The van der Waals surface area contributed by atoms with Gasteiger partial charge in [-0.05, 0) is 60.2 Å². The first-order chi connectivity index (χ1) is 20.9. The minimum absolute atomic E-state index is 0.645. The Labute approximate surface area is 244 Å². The Morgan fingerprint density at radius 1 is 0.405 bits per heavy atom. The standard InChI is InChI=1S/C38H26N4/c1-5-14-27(15-6-1)41(28-16-7-2-8-17-28)35-25-24-31-34-26-39-38(40-37(34)33-23-13-22-32(35)36(31)33)42(29-18-9-3-10-19-29)30-20-11-4-12-21-30/h1-26H. The third kappa shape index (κ3) is 3.93. The summed E-state index contributed by atoms with van der Waals surface area (Å²) in [6.45, 7) is 0. The van der Waals surface area contributed by atoms with Gasteiger partial charge >= 0.3 is 0 Å². The van der Waals surface area contributed by atoms with E-state index in [2.05, 4.69) is 125 Å². The van der Waals surface area contributed by atoms with Crippen molar-refractivity contribution in [3.8, 4) is 22.4 Å². The van der Waals surface area contributed by atoms with Gasteiger partial charge in [-0.25, -0.2) is 9.97 Å². The fourth-order valence-electron chi connectivity index (χ4n) is 6.01. The molecule has 0 bridgehead atoms. The number of fused-ring (bicyclic) bond motifs is 3. The van der Waals surface area contributed by atoms with Crippen molar-refractivity contribution in [3.63, 3.8) is 0 Å². The zero-order valence-corrected chi connectivity index (χ0v) is 22.8. The van der Waals surface area contributed by atoms with Crippen LogP contribution in [0.5, 0.6) is 0 Å². The molecule has 0 saturated carbocycles. The summed E-state index contributed by atoms with van der Waals surface area (Å²) in [5, 5.41) is 2.39. The van der Waals surface area contributed by atoms with E-state index in [1.165, 1.54) is 10.8 Å². The van der Waals surface area contributed by atoms with Crippen LogP contribution in [0.4, 0.5) is 34.4 Å². The molecule has 6 aromatic carbocycles. The van der Waals surface area contributed by atoms with E-state index in [1.807, 2.05) is 42.6 Å². The first-order valence-electron chi connectivity index (χ1n) is 14.1. The fraction of sp³-hybridized carbons (Fsp3) is 0. The number of hydrogen-bond acceptors (Lipinski definition) is 4. The minimum atomic E-state index is 0.645. The largest absolute Gasteiger partial charge is 0.310 e. The van der Waals surface area contributed by atoms with Gasteiger partial charge in [0.2, 0.25) is 5.95 Å². The lowest BCUT2D eigenvalue weighted by atomic mass is 10.0. The van der Waals surface area contributed by atoms with Crippen LogP contribution in [0.15, 0.2) is 158 Å². The number of hydrogen-bond donors (Lipinski definition) is 0. The highest BCUT2D eigenvalue weighted by molar-refractivity contribution is 6.18. The number of benzene rings is 6. The molecule has 0 aliphatic heterocycles. The molecule has 0 atom stereocenters. The van der Waals surface area contributed by atoms with Crippen molar-refractivity contribution in [2.24, 2.45) is 0 Å². The predicted octanol–water partition coefficient (Wildman–Crippen LogP) is 10.2. The second-order valence-electron chi connectivity index (χ2n) is 10.3. The molecule has 0 N–H and O–H groups in total. The van der Waals surface area contributed by atoms with Crippen molar-refractivity contribution >= 4 is 45.2 Å². The van der Waals surface area contributed by atoms with Gasteiger partial charge in [0, 0.05) is 50.8 Å². The number of nitrogens with zero attached hydrogens (tertiary/aromatic N) is 4. The van der Waals surface area contributed by atoms with E-state index in [9.17, 15) is 0 Å². The Bertz CT molecular complexity index is 1950. The van der Waals surface area contributed by atoms with Crippen molar-refractivity contribution in [1.29, 1.82) is 0 Å². The lowest BCUT2D eigenvalue weighted by Crippen LogP contribution is -2.13. The Hall–Kier alpha value is -5.74. The maximum absolute atomic E-state index is 5.24. The van der Waals surface area contributed by atoms with Gasteiger partial charge in [-0.1, -0.05) is 97.1 Å². The van der Waals surface area contributed by atoms with Crippen molar-refractivity contribution in [2.45, 2.75) is 0 Å². The third-order valence-corrected chi connectivity index (χ3v) is 7.84. The number of para-hydroxylation sites is 4. The molecule has 0 saturated heterocycles. The van der Waals surface area contributed by atoms with E-state index in [4.69, 9.17) is 9.97 Å². The molecule has 0 radical (unpaired) electrons. The van der Waals surface area contributed by atoms with Gasteiger partial charge < -0.3 is 4.90 Å². The van der Waals surface area contributed by atoms with Crippen LogP contribution in [-0.2, 0) is 0 Å². The first kappa shape index (κ1) is 24.1. The van der Waals surface area contributed by atoms with Gasteiger partial charge in [-0.15, -0.1) is 0 Å². The summed E-state index contributed by atoms with van der Waals surface area (Å²) in [6, 6.07) is 52.7. The van der Waals surface area contributed by atoms with Crippen LogP contribution in [0, 0.1) is 0 Å². The first-order valence-corrected chi connectivity index (χ1v) is 14.1. The molecule has 1 aliphatic carbocycles. The van der Waals surface area contributed by atoms with Crippen LogP contribution in [0.3, 0.4) is 0 Å². The van der Waals surface area contributed by atoms with E-state index >= 15 is 0 Å². The molecule has 0 fully saturated rings. The van der Waals surface area contributed by atoms with Crippen LogP contribution in [0.2, 0.25) is 0 Å². The summed E-state index contributed by atoms with van der Waals surface area (Å²) in [7, 11) is 0. The topological polar surface area (TPSA) is 32.3 Å². The van der Waals surface area contributed by atoms with Crippen LogP contribution in [-0.4, -0.2) is 9.97 Å². The molecule has 4 nitrogen and oxygen atoms in total.